The van der Waals surface area contributed by atoms with Crippen molar-refractivity contribution in [3.63, 3.8) is 0 Å². The zero-order chi connectivity index (χ0) is 15.0. The van der Waals surface area contributed by atoms with E-state index in [0.717, 1.165) is 0 Å². The number of hydrogen-bond donors (Lipinski definition) is 1. The number of carboxylic acids is 1. The van der Waals surface area contributed by atoms with Gasteiger partial charge in [0.25, 0.3) is 0 Å². The molecule has 0 aromatic carbocycles. The first kappa shape index (κ1) is 14.3. The van der Waals surface area contributed by atoms with Crippen molar-refractivity contribution in [1.29, 1.82) is 0 Å². The summed E-state index contributed by atoms with van der Waals surface area (Å²) in [7, 11) is 0. The molecule has 0 aromatic rings. The Morgan fingerprint density at radius 1 is 0.800 bits per heavy atom. The topological polar surface area (TPSA) is 46.3 Å². The molecule has 3 saturated heterocycles. The van der Waals surface area contributed by atoms with Crippen molar-refractivity contribution in [3.8, 4) is 0 Å². The summed E-state index contributed by atoms with van der Waals surface area (Å²) in [5, 5.41) is 9.52. The second-order valence-electron chi connectivity index (χ2n) is 7.01. The Kier molecular flexibility index (Phi) is 2.99. The summed E-state index contributed by atoms with van der Waals surface area (Å²) in [5.74, 6) is -1.11. The fourth-order valence-electron chi connectivity index (χ4n) is 4.34. The second kappa shape index (κ2) is 4.18. The van der Waals surface area contributed by atoms with Crippen LogP contribution in [0.15, 0.2) is 0 Å². The van der Waals surface area contributed by atoms with Crippen molar-refractivity contribution in [2.75, 3.05) is 0 Å². The molecular weight excluding hydrogens is 254 g/mol. The van der Waals surface area contributed by atoms with Gasteiger partial charge in [-0.3, -0.25) is 19.5 Å². The number of carbonyl (C=O) groups is 1. The Morgan fingerprint density at radius 3 is 1.20 bits per heavy atom. The van der Waals surface area contributed by atoms with E-state index in [2.05, 4.69) is 56.2 Å². The van der Waals surface area contributed by atoms with E-state index in [0.29, 0.717) is 36.3 Å². The summed E-state index contributed by atoms with van der Waals surface area (Å²) in [5.41, 5.74) is 0. The van der Waals surface area contributed by atoms with Crippen LogP contribution in [0.4, 0.5) is 0 Å². The van der Waals surface area contributed by atoms with Gasteiger partial charge in [-0.05, 0) is 41.5 Å². The third-order valence-electron chi connectivity index (χ3n) is 6.09. The van der Waals surface area contributed by atoms with Gasteiger partial charge < -0.3 is 5.11 Å². The van der Waals surface area contributed by atoms with Gasteiger partial charge in [-0.2, -0.15) is 0 Å². The highest BCUT2D eigenvalue weighted by Gasteiger charge is 2.71. The molecule has 3 heterocycles. The maximum absolute atomic E-state index is 11.6. The molecule has 114 valence electrons. The van der Waals surface area contributed by atoms with Crippen LogP contribution in [0.2, 0.25) is 0 Å². The Morgan fingerprint density at radius 2 is 1.05 bits per heavy atom. The second-order valence-corrected chi connectivity index (χ2v) is 7.01. The van der Waals surface area contributed by atoms with Crippen LogP contribution in [0.1, 0.15) is 48.0 Å². The van der Waals surface area contributed by atoms with Crippen LogP contribution in [0.5, 0.6) is 0 Å². The molecule has 3 rings (SSSR count). The monoisotopic (exact) mass is 281 g/mol. The van der Waals surface area contributed by atoms with Crippen LogP contribution in [0, 0.1) is 0 Å². The largest absolute Gasteiger partial charge is 0.481 e. The van der Waals surface area contributed by atoms with Gasteiger partial charge in [-0.1, -0.05) is 0 Å². The number of nitrogens with zero attached hydrogens (tertiary/aromatic N) is 3. The minimum atomic E-state index is -0.700. The van der Waals surface area contributed by atoms with Crippen LogP contribution in [0.3, 0.4) is 0 Å². The molecule has 0 aliphatic carbocycles. The Balaban J connectivity index is 1.98. The highest BCUT2D eigenvalue weighted by atomic mass is 16.4. The van der Waals surface area contributed by atoms with E-state index in [-0.39, 0.29) is 6.42 Å². The molecule has 3 aliphatic rings. The number of rotatable bonds is 5. The van der Waals surface area contributed by atoms with Crippen molar-refractivity contribution in [2.45, 2.75) is 90.0 Å². The minimum Gasteiger partial charge on any atom is -0.481 e. The van der Waals surface area contributed by atoms with Gasteiger partial charge >= 0.3 is 5.97 Å². The van der Waals surface area contributed by atoms with Crippen LogP contribution in [-0.4, -0.2) is 67.8 Å². The molecule has 5 heteroatoms. The highest BCUT2D eigenvalue weighted by Crippen LogP contribution is 2.55. The molecule has 3 aliphatic heterocycles. The standard InChI is InChI=1S/C15H27N3O2/c1-8-9(2)16(8)15(7-14(19)20,17-10(3)11(17)4)18-12(5)13(18)6/h8-13H,7H2,1-6H3,(H,19,20). The molecule has 6 unspecified atom stereocenters. The van der Waals surface area contributed by atoms with Crippen LogP contribution < -0.4 is 0 Å². The van der Waals surface area contributed by atoms with Gasteiger partial charge in [0, 0.05) is 36.3 Å². The summed E-state index contributed by atoms with van der Waals surface area (Å²) in [6.45, 7) is 13.2. The van der Waals surface area contributed by atoms with Crippen LogP contribution >= 0.6 is 0 Å². The molecule has 1 N–H and O–H groups in total. The average Bonchev–Trinajstić information content (AvgIpc) is 3.25. The first-order valence-corrected chi connectivity index (χ1v) is 7.82. The van der Waals surface area contributed by atoms with E-state index >= 15 is 0 Å². The van der Waals surface area contributed by atoms with Gasteiger partial charge in [0.15, 0.2) is 0 Å². The van der Waals surface area contributed by atoms with E-state index in [1.165, 1.54) is 0 Å². The quantitative estimate of drug-likeness (QED) is 0.772. The lowest BCUT2D eigenvalue weighted by atomic mass is 10.2. The molecule has 0 bridgehead atoms. The fourth-order valence-corrected chi connectivity index (χ4v) is 4.34. The van der Waals surface area contributed by atoms with Crippen LogP contribution in [-0.2, 0) is 4.79 Å². The average molecular weight is 281 g/mol. The van der Waals surface area contributed by atoms with Crippen LogP contribution in [0.25, 0.3) is 0 Å². The smallest absolute Gasteiger partial charge is 0.308 e. The predicted molar refractivity (Wildman–Crippen MR) is 77.3 cm³/mol. The zero-order valence-electron chi connectivity index (χ0n) is 13.4. The first-order chi connectivity index (χ1) is 9.25. The molecular formula is C15H27N3O2. The maximum Gasteiger partial charge on any atom is 0.308 e. The van der Waals surface area contributed by atoms with Crippen molar-refractivity contribution >= 4 is 5.97 Å². The molecule has 0 spiro atoms. The van der Waals surface area contributed by atoms with Gasteiger partial charge in [-0.25, -0.2) is 0 Å². The SMILES string of the molecule is CC1C(C)N1C(CC(=O)O)(N1C(C)C1C)N1C(C)C1C. The molecule has 0 aromatic heterocycles. The summed E-state index contributed by atoms with van der Waals surface area (Å²) in [6.07, 6.45) is 0.186. The Hall–Kier alpha value is -0.650. The molecule has 20 heavy (non-hydrogen) atoms. The van der Waals surface area contributed by atoms with Gasteiger partial charge in [0.2, 0.25) is 0 Å². The van der Waals surface area contributed by atoms with E-state index in [1.54, 1.807) is 0 Å². The highest BCUT2D eigenvalue weighted by molar-refractivity contribution is 5.68. The first-order valence-electron chi connectivity index (χ1n) is 7.82. The third-order valence-corrected chi connectivity index (χ3v) is 6.09. The zero-order valence-corrected chi connectivity index (χ0v) is 13.4. The Bertz CT molecular complexity index is 367. The van der Waals surface area contributed by atoms with Crippen molar-refractivity contribution in [1.82, 2.24) is 14.7 Å². The lowest BCUT2D eigenvalue weighted by Crippen LogP contribution is -2.57. The predicted octanol–water partition coefficient (Wildman–Crippen LogP) is 1.39. The molecule has 3 fully saturated rings. The minimum absolute atomic E-state index is 0.186. The molecule has 0 saturated carbocycles. The fraction of sp³-hybridized carbons (Fsp3) is 0.933. The number of aliphatic carboxylic acids is 1. The van der Waals surface area contributed by atoms with E-state index in [1.807, 2.05) is 0 Å². The van der Waals surface area contributed by atoms with E-state index in [9.17, 15) is 9.90 Å². The van der Waals surface area contributed by atoms with Gasteiger partial charge in [0.1, 0.15) is 5.79 Å². The molecule has 0 amide bonds. The van der Waals surface area contributed by atoms with E-state index in [4.69, 9.17) is 0 Å². The summed E-state index contributed by atoms with van der Waals surface area (Å²) >= 11 is 0. The molecule has 0 radical (unpaired) electrons. The maximum atomic E-state index is 11.6. The number of hydrogen-bond acceptors (Lipinski definition) is 4. The van der Waals surface area contributed by atoms with Crippen molar-refractivity contribution in [2.24, 2.45) is 0 Å². The summed E-state index contributed by atoms with van der Waals surface area (Å²) < 4.78 is 0. The number of carboxylic acid groups (broad SMARTS) is 1. The summed E-state index contributed by atoms with van der Waals surface area (Å²) in [6, 6.07) is 2.80. The third kappa shape index (κ3) is 1.69. The molecule has 5 nitrogen and oxygen atoms in total. The van der Waals surface area contributed by atoms with E-state index < -0.39 is 11.8 Å². The normalized spacial score (nSPS) is 56.0. The lowest BCUT2D eigenvalue weighted by molar-refractivity contribution is -0.147. The Labute approximate surface area is 121 Å². The summed E-state index contributed by atoms with van der Waals surface area (Å²) in [4.78, 5) is 18.8. The molecule has 6 atom stereocenters. The lowest BCUT2D eigenvalue weighted by Gasteiger charge is -2.40. The van der Waals surface area contributed by atoms with Gasteiger partial charge in [0.05, 0.1) is 6.42 Å². The van der Waals surface area contributed by atoms with Crippen molar-refractivity contribution < 1.29 is 9.90 Å². The van der Waals surface area contributed by atoms with Gasteiger partial charge in [-0.15, -0.1) is 0 Å². The van der Waals surface area contributed by atoms with Crippen molar-refractivity contribution in [3.05, 3.63) is 0 Å².